The third-order valence-electron chi connectivity index (χ3n) is 26.7. The monoisotopic (exact) mass is 1770 g/mol. The molecule has 0 aliphatic rings. The van der Waals surface area contributed by atoms with Gasteiger partial charge in [0.2, 0.25) is 0 Å². The molecule has 664 valence electrons. The van der Waals surface area contributed by atoms with Gasteiger partial charge in [0.05, 0.1) is 67.6 Å². The second kappa shape index (κ2) is 33.6. The van der Waals surface area contributed by atoms with E-state index >= 15 is 0 Å². The molecular formula is C117H98N10O8. The summed E-state index contributed by atoms with van der Waals surface area (Å²) in [7, 11) is 0. The standard InChI is InChI=1S/C117H98N10O8/c1-62-44-52-94(128-62)78-28-20-36-86(118-78)102-70(9)106(90-40-24-32-82(122-90)98-56-48-66(5)132-98)114-110(74(102)13)111-75(14)103(87-37-21-29-79(119-87)95-53-45-63(2)129-95)71(10)107(91-41-25-33-83(123-91)99-57-49-67(6)133-99)115(111)126(114)60-18-17-19-61-127-116-108(92-42-26-34-84(124-92)100-58-50-68(7)134-100)72(11)104(88-38-22-30-80(120-88)96-54-46-64(3)130-96)76(15)112(116)113-77(16)105(89-39-23-31-81(121-89)97-55-47-65(4)131-97)73(12)109(117(113)127)93-43-27-35-85(125-93)101-59-51-69(8)135-101/h20-59H,17-19,60-61H2,1-16H3. The Morgan fingerprint density at radius 1 is 0.163 bits per heavy atom. The van der Waals surface area contributed by atoms with E-state index in [9.17, 15) is 0 Å². The molecule has 0 N–H and O–H groups in total. The van der Waals surface area contributed by atoms with Gasteiger partial charge in [-0.25, -0.2) is 39.9 Å². The number of fused-ring (bicyclic) bond motifs is 6. The van der Waals surface area contributed by atoms with E-state index in [2.05, 4.69) is 162 Å². The molecule has 0 unspecified atom stereocenters. The fourth-order valence-corrected chi connectivity index (χ4v) is 20.8. The maximum Gasteiger partial charge on any atom is 0.152 e. The first-order valence-corrected chi connectivity index (χ1v) is 46.1. The number of aromatic nitrogens is 10. The molecule has 0 amide bonds. The zero-order valence-corrected chi connectivity index (χ0v) is 78.4. The van der Waals surface area contributed by atoms with Crippen LogP contribution < -0.4 is 0 Å². The molecule has 0 bridgehead atoms. The average Bonchev–Trinajstić information content (AvgIpc) is 1.54. The summed E-state index contributed by atoms with van der Waals surface area (Å²) in [4.78, 5) is 45.2. The molecular weight excluding hydrogens is 1670 g/mol. The molecule has 0 spiro atoms. The number of benzene rings is 4. The van der Waals surface area contributed by atoms with E-state index < -0.39 is 0 Å². The normalized spacial score (nSPS) is 11.9. The van der Waals surface area contributed by atoms with Crippen molar-refractivity contribution in [2.24, 2.45) is 0 Å². The van der Waals surface area contributed by atoms with Crippen molar-refractivity contribution >= 4 is 43.6 Å². The van der Waals surface area contributed by atoms with Crippen molar-refractivity contribution in [3.8, 4) is 182 Å². The van der Waals surface area contributed by atoms with Gasteiger partial charge in [0, 0.05) is 79.1 Å². The van der Waals surface area contributed by atoms with Gasteiger partial charge in [-0.05, 0) is 369 Å². The number of furan rings is 8. The first kappa shape index (κ1) is 84.5. The van der Waals surface area contributed by atoms with E-state index in [4.69, 9.17) is 75.2 Å². The van der Waals surface area contributed by atoms with Gasteiger partial charge in [-0.15, -0.1) is 0 Å². The molecule has 18 nitrogen and oxygen atoms in total. The molecule has 0 fully saturated rings. The summed E-state index contributed by atoms with van der Waals surface area (Å²) in [5.74, 6) is 11.7. The smallest absolute Gasteiger partial charge is 0.152 e. The minimum absolute atomic E-state index is 0.549. The van der Waals surface area contributed by atoms with Gasteiger partial charge in [0.25, 0.3) is 0 Å². The molecule has 18 heterocycles. The number of unbranched alkanes of at least 4 members (excludes halogenated alkanes) is 2. The van der Waals surface area contributed by atoms with Gasteiger partial charge in [-0.2, -0.15) is 0 Å². The van der Waals surface area contributed by atoms with Crippen LogP contribution in [0.3, 0.4) is 0 Å². The summed E-state index contributed by atoms with van der Waals surface area (Å²) in [6.07, 6.45) is 2.17. The number of nitrogens with zero attached hydrogens (tertiary/aromatic N) is 10. The lowest BCUT2D eigenvalue weighted by atomic mass is 9.85. The van der Waals surface area contributed by atoms with E-state index in [0.29, 0.717) is 94.8 Å². The Hall–Kier alpha value is -16.1. The molecule has 18 aromatic heterocycles. The zero-order chi connectivity index (χ0) is 92.6. The van der Waals surface area contributed by atoms with Crippen LogP contribution in [0.2, 0.25) is 0 Å². The highest BCUT2D eigenvalue weighted by Gasteiger charge is 2.35. The zero-order valence-electron chi connectivity index (χ0n) is 78.4. The molecule has 4 aromatic carbocycles. The van der Waals surface area contributed by atoms with E-state index in [-0.39, 0.29) is 0 Å². The minimum atomic E-state index is 0.549. The van der Waals surface area contributed by atoms with Crippen LogP contribution in [0.4, 0.5) is 0 Å². The van der Waals surface area contributed by atoms with Crippen LogP contribution in [0.25, 0.3) is 225 Å². The Morgan fingerprint density at radius 2 is 0.311 bits per heavy atom. The second-order valence-corrected chi connectivity index (χ2v) is 35.8. The predicted molar refractivity (Wildman–Crippen MR) is 536 cm³/mol. The largest absolute Gasteiger partial charge is 0.460 e. The lowest BCUT2D eigenvalue weighted by Crippen LogP contribution is -2.07. The van der Waals surface area contributed by atoms with Crippen molar-refractivity contribution < 1.29 is 35.3 Å². The van der Waals surface area contributed by atoms with Crippen molar-refractivity contribution in [3.63, 3.8) is 0 Å². The van der Waals surface area contributed by atoms with Gasteiger partial charge >= 0.3 is 0 Å². The van der Waals surface area contributed by atoms with Crippen molar-refractivity contribution in [1.29, 1.82) is 0 Å². The van der Waals surface area contributed by atoms with Crippen LogP contribution in [0, 0.1) is 111 Å². The summed E-state index contributed by atoms with van der Waals surface area (Å²) in [5, 5.41) is 4.20. The topological polar surface area (TPSA) is 218 Å². The molecule has 0 aliphatic carbocycles. The average molecular weight is 1770 g/mol. The van der Waals surface area contributed by atoms with Gasteiger partial charge in [-0.3, -0.25) is 0 Å². The van der Waals surface area contributed by atoms with E-state index in [1.54, 1.807) is 0 Å². The van der Waals surface area contributed by atoms with Crippen LogP contribution in [0.5, 0.6) is 0 Å². The second-order valence-electron chi connectivity index (χ2n) is 35.8. The molecule has 135 heavy (non-hydrogen) atoms. The Labute approximate surface area is 781 Å². The number of aryl methyl sites for hydroxylation is 14. The summed E-state index contributed by atoms with van der Waals surface area (Å²) in [6, 6.07) is 82.0. The van der Waals surface area contributed by atoms with Crippen LogP contribution in [0.15, 0.2) is 278 Å². The maximum atomic E-state index is 6.47. The molecule has 0 radical (unpaired) electrons. The quantitative estimate of drug-likeness (QED) is 0.0576. The summed E-state index contributed by atoms with van der Waals surface area (Å²) in [5.41, 5.74) is 31.9. The Bertz CT molecular complexity index is 7550. The van der Waals surface area contributed by atoms with Gasteiger partial charge < -0.3 is 44.5 Å². The first-order chi connectivity index (χ1) is 65.5. The lowest BCUT2D eigenvalue weighted by molar-refractivity contribution is 0.546. The van der Waals surface area contributed by atoms with E-state index in [1.165, 1.54) is 0 Å². The first-order valence-electron chi connectivity index (χ1n) is 46.1. The van der Waals surface area contributed by atoms with Gasteiger partial charge in [-0.1, -0.05) is 48.5 Å². The molecule has 0 aliphatic heterocycles. The summed E-state index contributed by atoms with van der Waals surface area (Å²) >= 11 is 0. The molecule has 0 saturated heterocycles. The Kier molecular flexibility index (Phi) is 21.0. The SMILES string of the molecule is Cc1ccc(-c2cccc(-c3c(C)c(-c4cccc(-c5ccc(C)o5)n4)c4c(c3C)c3c(C)c(-c5cccc(-c6ccc(C)o6)n5)c(C)c(-c5cccc(-c6ccc(C)o6)n5)c3n4CCCCCn3c4c(-c5cccc(-c6ccc(C)o6)n5)c(C)c(-c5cccc(-c6ccc(C)o6)n5)c(C)c4c4c(C)c(-c5cccc(-c6ccc(C)o6)n5)c(C)c(-c5cccc(-c6ccc(C)o6)n5)c43)n2)o1. The van der Waals surface area contributed by atoms with Crippen LogP contribution in [0.1, 0.15) is 110 Å². The van der Waals surface area contributed by atoms with E-state index in [0.717, 1.165) is 253 Å². The molecule has 22 rings (SSSR count). The highest BCUT2D eigenvalue weighted by atomic mass is 16.4. The van der Waals surface area contributed by atoms with Crippen LogP contribution in [-0.2, 0) is 13.1 Å². The highest BCUT2D eigenvalue weighted by molar-refractivity contribution is 6.24. The number of hydrogen-bond donors (Lipinski definition) is 0. The highest BCUT2D eigenvalue weighted by Crippen LogP contribution is 2.55. The summed E-state index contributed by atoms with van der Waals surface area (Å²) in [6.45, 7) is 34.9. The van der Waals surface area contributed by atoms with Crippen molar-refractivity contribution in [1.82, 2.24) is 49.0 Å². The Morgan fingerprint density at radius 3 is 0.459 bits per heavy atom. The Balaban J connectivity index is 0.809. The number of rotatable bonds is 22. The predicted octanol–water partition coefficient (Wildman–Crippen LogP) is 31.3. The number of pyridine rings is 8. The fourth-order valence-electron chi connectivity index (χ4n) is 20.8. The molecule has 0 atom stereocenters. The summed E-state index contributed by atoms with van der Waals surface area (Å²) < 4.78 is 56.6. The van der Waals surface area contributed by atoms with Crippen LogP contribution in [-0.4, -0.2) is 49.0 Å². The van der Waals surface area contributed by atoms with Crippen molar-refractivity contribution in [2.75, 3.05) is 0 Å². The molecule has 0 saturated carbocycles. The van der Waals surface area contributed by atoms with Gasteiger partial charge in [0.15, 0.2) is 46.1 Å². The van der Waals surface area contributed by atoms with Crippen LogP contribution >= 0.6 is 0 Å². The van der Waals surface area contributed by atoms with Gasteiger partial charge in [0.1, 0.15) is 91.6 Å². The third kappa shape index (κ3) is 14.7. The number of hydrogen-bond acceptors (Lipinski definition) is 16. The van der Waals surface area contributed by atoms with Crippen molar-refractivity contribution in [3.05, 3.63) is 333 Å². The molecule has 22 aromatic rings. The van der Waals surface area contributed by atoms with E-state index in [1.807, 2.05) is 201 Å². The minimum Gasteiger partial charge on any atom is -0.460 e. The fraction of sp³-hybridized carbons (Fsp3) is 0.179. The maximum absolute atomic E-state index is 6.47. The third-order valence-corrected chi connectivity index (χ3v) is 26.7. The lowest BCUT2D eigenvalue weighted by Gasteiger charge is -2.21. The molecule has 18 heteroatoms. The van der Waals surface area contributed by atoms with Crippen molar-refractivity contribution in [2.45, 2.75) is 143 Å².